The third kappa shape index (κ3) is 4.33. The summed E-state index contributed by atoms with van der Waals surface area (Å²) in [5.41, 5.74) is 0.988. The molecular weight excluding hydrogens is 282 g/mol. The van der Waals surface area contributed by atoms with Crippen LogP contribution >= 0.6 is 24.4 Å². The quantitative estimate of drug-likeness (QED) is 0.670. The maximum absolute atomic E-state index is 11.7. The number of hydrogen-bond acceptors (Lipinski definition) is 5. The highest BCUT2D eigenvalue weighted by atomic mass is 32.2. The Balaban J connectivity index is 1.66. The summed E-state index contributed by atoms with van der Waals surface area (Å²) in [5.74, 6) is 0. The molecule has 0 bridgehead atoms. The third-order valence-electron chi connectivity index (χ3n) is 2.82. The summed E-state index contributed by atoms with van der Waals surface area (Å²) in [5, 5.41) is 0. The largest absolute Gasteiger partial charge is 0.445 e. The molecule has 19 heavy (non-hydrogen) atoms. The fourth-order valence-corrected chi connectivity index (χ4v) is 2.14. The predicted molar refractivity (Wildman–Crippen MR) is 79.4 cm³/mol. The van der Waals surface area contributed by atoms with Crippen molar-refractivity contribution in [3.8, 4) is 0 Å². The van der Waals surface area contributed by atoms with Gasteiger partial charge >= 0.3 is 6.09 Å². The lowest BCUT2D eigenvalue weighted by Crippen LogP contribution is -2.55. The van der Waals surface area contributed by atoms with Crippen LogP contribution in [0.4, 0.5) is 4.79 Å². The molecule has 0 saturated carbocycles. The minimum absolute atomic E-state index is 0.0687. The van der Waals surface area contributed by atoms with E-state index < -0.39 is 0 Å². The van der Waals surface area contributed by atoms with Crippen LogP contribution in [0, 0.1) is 0 Å². The molecule has 2 rings (SSSR count). The number of nitrogens with zero attached hydrogens (tertiary/aromatic N) is 1. The number of carbonyl (C=O) groups excluding carboxylic acids is 1. The predicted octanol–water partition coefficient (Wildman–Crippen LogP) is 2.60. The van der Waals surface area contributed by atoms with E-state index >= 15 is 0 Å². The third-order valence-corrected chi connectivity index (χ3v) is 4.09. The number of ether oxygens (including phenoxy) is 2. The van der Waals surface area contributed by atoms with Gasteiger partial charge in [0.15, 0.2) is 0 Å². The molecule has 104 valence electrons. The molecule has 1 aromatic rings. The van der Waals surface area contributed by atoms with Crippen LogP contribution in [0.25, 0.3) is 0 Å². The van der Waals surface area contributed by atoms with Crippen molar-refractivity contribution >= 4 is 30.5 Å². The summed E-state index contributed by atoms with van der Waals surface area (Å²) in [6.45, 7) is 1.46. The van der Waals surface area contributed by atoms with Crippen molar-refractivity contribution in [2.45, 2.75) is 17.5 Å². The Bertz CT molecular complexity index is 410. The Kier molecular flexibility index (Phi) is 5.42. The smallest absolute Gasteiger partial charge is 0.410 e. The van der Waals surface area contributed by atoms with Gasteiger partial charge < -0.3 is 14.4 Å². The van der Waals surface area contributed by atoms with E-state index in [1.807, 2.05) is 36.6 Å². The molecule has 1 atom stereocenters. The van der Waals surface area contributed by atoms with Gasteiger partial charge in [-0.1, -0.05) is 30.3 Å². The van der Waals surface area contributed by atoms with E-state index in [0.717, 1.165) is 5.56 Å². The first-order chi connectivity index (χ1) is 9.19. The molecule has 1 aromatic carbocycles. The van der Waals surface area contributed by atoms with Crippen LogP contribution in [-0.4, -0.2) is 41.2 Å². The average Bonchev–Trinajstić information content (AvgIpc) is 2.40. The summed E-state index contributed by atoms with van der Waals surface area (Å²) < 4.78 is 10.6. The summed E-state index contributed by atoms with van der Waals surface area (Å²) in [6.07, 6.45) is 1.71. The Morgan fingerprint density at radius 3 is 2.79 bits per heavy atom. The van der Waals surface area contributed by atoms with E-state index in [9.17, 15) is 4.79 Å². The van der Waals surface area contributed by atoms with E-state index in [1.165, 1.54) is 11.8 Å². The van der Waals surface area contributed by atoms with Gasteiger partial charge in [-0.2, -0.15) is 0 Å². The van der Waals surface area contributed by atoms with Gasteiger partial charge in [0.05, 0.1) is 19.2 Å². The van der Waals surface area contributed by atoms with E-state index in [1.54, 1.807) is 4.90 Å². The van der Waals surface area contributed by atoms with Gasteiger partial charge in [0.2, 0.25) is 0 Å². The van der Waals surface area contributed by atoms with Gasteiger partial charge in [-0.05, 0) is 11.8 Å². The van der Waals surface area contributed by atoms with Crippen molar-refractivity contribution in [2.75, 3.05) is 19.3 Å². The van der Waals surface area contributed by atoms with Crippen molar-refractivity contribution in [3.63, 3.8) is 0 Å². The Hall–Kier alpha value is -0.850. The first-order valence-corrected chi connectivity index (χ1v) is 7.81. The molecular formula is C13H17NO3S2. The zero-order valence-corrected chi connectivity index (χ0v) is 12.4. The number of hydrogen-bond donors (Lipinski definition) is 1. The highest BCUT2D eigenvalue weighted by Gasteiger charge is 2.33. The summed E-state index contributed by atoms with van der Waals surface area (Å²) in [6, 6.07) is 9.64. The van der Waals surface area contributed by atoms with Gasteiger partial charge in [0, 0.05) is 0 Å². The van der Waals surface area contributed by atoms with Crippen LogP contribution in [0.15, 0.2) is 30.3 Å². The lowest BCUT2D eigenvalue weighted by atomic mass is 10.2. The minimum atomic E-state index is -0.288. The summed E-state index contributed by atoms with van der Waals surface area (Å²) in [4.78, 5) is 13.4. The number of thiol groups is 1. The van der Waals surface area contributed by atoms with Crippen LogP contribution in [0.1, 0.15) is 5.56 Å². The lowest BCUT2D eigenvalue weighted by Gasteiger charge is -2.38. The number of likely N-dealkylation sites (tertiary alicyclic amines) is 1. The number of benzene rings is 1. The molecule has 1 amide bonds. The Morgan fingerprint density at radius 1 is 1.47 bits per heavy atom. The summed E-state index contributed by atoms with van der Waals surface area (Å²) in [7, 11) is 0. The van der Waals surface area contributed by atoms with Crippen molar-refractivity contribution < 1.29 is 14.3 Å². The van der Waals surface area contributed by atoms with Crippen LogP contribution < -0.4 is 0 Å². The second kappa shape index (κ2) is 7.07. The molecule has 6 heteroatoms. The van der Waals surface area contributed by atoms with E-state index in [0.29, 0.717) is 19.7 Å². The van der Waals surface area contributed by atoms with Gasteiger partial charge in [-0.3, -0.25) is 0 Å². The van der Waals surface area contributed by atoms with Crippen LogP contribution in [-0.2, 0) is 16.1 Å². The van der Waals surface area contributed by atoms with Crippen LogP contribution in [0.5, 0.6) is 0 Å². The second-order valence-electron chi connectivity index (χ2n) is 4.25. The van der Waals surface area contributed by atoms with Crippen LogP contribution in [0.2, 0.25) is 0 Å². The van der Waals surface area contributed by atoms with E-state index in [2.05, 4.69) is 12.6 Å². The van der Waals surface area contributed by atoms with Crippen molar-refractivity contribution in [1.82, 2.24) is 4.90 Å². The Labute approximate surface area is 122 Å². The van der Waals surface area contributed by atoms with Gasteiger partial charge in [-0.15, -0.1) is 24.4 Å². The topological polar surface area (TPSA) is 38.8 Å². The molecule has 0 radical (unpaired) electrons. The number of carbonyl (C=O) groups is 1. The van der Waals surface area contributed by atoms with Crippen molar-refractivity contribution in [3.05, 3.63) is 35.9 Å². The van der Waals surface area contributed by atoms with E-state index in [4.69, 9.17) is 9.47 Å². The number of amides is 1. The molecule has 1 saturated heterocycles. The second-order valence-corrected chi connectivity index (χ2v) is 5.96. The first kappa shape index (κ1) is 14.6. The highest BCUT2D eigenvalue weighted by Crippen LogP contribution is 2.21. The molecule has 4 nitrogen and oxygen atoms in total. The zero-order valence-electron chi connectivity index (χ0n) is 10.7. The van der Waals surface area contributed by atoms with Gasteiger partial charge in [0.1, 0.15) is 11.4 Å². The molecule has 0 aromatic heterocycles. The average molecular weight is 299 g/mol. The number of thioether (sulfide) groups is 1. The SMILES string of the molecule is CSC(S)OC1CN(C(=O)OCc2ccccc2)C1. The normalized spacial score (nSPS) is 16.8. The minimum Gasteiger partial charge on any atom is -0.445 e. The molecule has 1 heterocycles. The maximum Gasteiger partial charge on any atom is 0.410 e. The zero-order chi connectivity index (χ0) is 13.7. The summed E-state index contributed by atoms with van der Waals surface area (Å²) >= 11 is 5.76. The fourth-order valence-electron chi connectivity index (χ4n) is 1.70. The molecule has 0 N–H and O–H groups in total. The monoisotopic (exact) mass is 299 g/mol. The molecule has 1 fully saturated rings. The molecule has 1 unspecified atom stereocenters. The van der Waals surface area contributed by atoms with Gasteiger partial charge in [0.25, 0.3) is 0 Å². The standard InChI is InChI=1S/C13H17NO3S2/c1-19-13(18)17-11-7-14(8-11)12(15)16-9-10-5-3-2-4-6-10/h2-6,11,13,18H,7-9H2,1H3. The molecule has 1 aliphatic rings. The Morgan fingerprint density at radius 2 is 2.16 bits per heavy atom. The molecule has 1 aliphatic heterocycles. The van der Waals surface area contributed by atoms with Crippen LogP contribution in [0.3, 0.4) is 0 Å². The van der Waals surface area contributed by atoms with Gasteiger partial charge in [-0.25, -0.2) is 4.79 Å². The molecule has 0 aliphatic carbocycles. The highest BCUT2D eigenvalue weighted by molar-refractivity contribution is 8.09. The maximum atomic E-state index is 11.7. The van der Waals surface area contributed by atoms with E-state index in [-0.39, 0.29) is 17.0 Å². The van der Waals surface area contributed by atoms with Crippen molar-refractivity contribution in [2.24, 2.45) is 0 Å². The number of rotatable bonds is 5. The van der Waals surface area contributed by atoms with Crippen molar-refractivity contribution in [1.29, 1.82) is 0 Å². The fraction of sp³-hybridized carbons (Fsp3) is 0.462. The molecule has 0 spiro atoms. The lowest BCUT2D eigenvalue weighted by molar-refractivity contribution is -0.0409. The first-order valence-electron chi connectivity index (χ1n) is 6.01.